The van der Waals surface area contributed by atoms with Gasteiger partial charge in [0, 0.05) is 54.8 Å². The first-order chi connectivity index (χ1) is 16.3. The summed E-state index contributed by atoms with van der Waals surface area (Å²) in [7, 11) is 5.76. The zero-order chi connectivity index (χ0) is 24.1. The molecule has 0 bridgehead atoms. The lowest BCUT2D eigenvalue weighted by atomic mass is 9.85. The maximum Gasteiger partial charge on any atom is 0.252 e. The molecule has 2 aromatic carbocycles. The molecule has 178 valence electrons. The summed E-state index contributed by atoms with van der Waals surface area (Å²) >= 11 is 0. The number of likely N-dealkylation sites (tertiary alicyclic amines) is 1. The van der Waals surface area contributed by atoms with E-state index in [9.17, 15) is 4.79 Å². The molecule has 1 amide bonds. The Kier molecular flexibility index (Phi) is 5.60. The highest BCUT2D eigenvalue weighted by atomic mass is 16.5. The molecule has 1 N–H and O–H groups in total. The predicted molar refractivity (Wildman–Crippen MR) is 135 cm³/mol. The van der Waals surface area contributed by atoms with Gasteiger partial charge >= 0.3 is 0 Å². The SMILES string of the molecule is COc1ccc([C@@H](C)NC(=O)c2cc(N3C[C@H]4C3CN4C)ccc2C)cc1-c1cn(C)nc1C. The van der Waals surface area contributed by atoms with Crippen molar-refractivity contribution in [1.82, 2.24) is 20.0 Å². The van der Waals surface area contributed by atoms with E-state index in [1.165, 1.54) is 0 Å². The van der Waals surface area contributed by atoms with Crippen molar-refractivity contribution < 1.29 is 9.53 Å². The van der Waals surface area contributed by atoms with Crippen LogP contribution in [0.25, 0.3) is 11.1 Å². The fourth-order valence-corrected chi connectivity index (χ4v) is 5.23. The molecule has 7 nitrogen and oxygen atoms in total. The third-order valence-electron chi connectivity index (χ3n) is 7.44. The van der Waals surface area contributed by atoms with Crippen LogP contribution in [0.3, 0.4) is 0 Å². The van der Waals surface area contributed by atoms with Crippen LogP contribution in [-0.4, -0.2) is 59.9 Å². The van der Waals surface area contributed by atoms with Gasteiger partial charge in [0.1, 0.15) is 5.75 Å². The van der Waals surface area contributed by atoms with Gasteiger partial charge in [-0.1, -0.05) is 12.1 Å². The molecule has 3 heterocycles. The summed E-state index contributed by atoms with van der Waals surface area (Å²) in [6.45, 7) is 8.13. The molecular weight excluding hydrogens is 426 g/mol. The number of amides is 1. The summed E-state index contributed by atoms with van der Waals surface area (Å²) in [4.78, 5) is 18.1. The summed E-state index contributed by atoms with van der Waals surface area (Å²) in [6, 6.07) is 13.4. The Morgan fingerprint density at radius 2 is 1.88 bits per heavy atom. The third-order valence-corrected chi connectivity index (χ3v) is 7.44. The van der Waals surface area contributed by atoms with E-state index in [1.807, 2.05) is 52.2 Å². The number of benzene rings is 2. The van der Waals surface area contributed by atoms with Crippen molar-refractivity contribution >= 4 is 11.6 Å². The van der Waals surface area contributed by atoms with E-state index in [-0.39, 0.29) is 11.9 Å². The second kappa shape index (κ2) is 8.47. The molecule has 5 rings (SSSR count). The van der Waals surface area contributed by atoms with Crippen LogP contribution in [0.5, 0.6) is 5.75 Å². The Balaban J connectivity index is 1.36. The van der Waals surface area contributed by atoms with Crippen LogP contribution in [0.1, 0.15) is 40.1 Å². The molecule has 34 heavy (non-hydrogen) atoms. The normalized spacial score (nSPS) is 20.2. The van der Waals surface area contributed by atoms with E-state index in [1.54, 1.807) is 11.8 Å². The van der Waals surface area contributed by atoms with Crippen molar-refractivity contribution in [2.24, 2.45) is 7.05 Å². The molecule has 0 aliphatic carbocycles. The molecule has 2 saturated heterocycles. The monoisotopic (exact) mass is 459 g/mol. The van der Waals surface area contributed by atoms with Crippen LogP contribution in [0.4, 0.5) is 5.69 Å². The number of aromatic nitrogens is 2. The van der Waals surface area contributed by atoms with Crippen molar-refractivity contribution in [1.29, 1.82) is 0 Å². The van der Waals surface area contributed by atoms with Crippen LogP contribution in [-0.2, 0) is 7.05 Å². The van der Waals surface area contributed by atoms with Crippen molar-refractivity contribution in [2.75, 3.05) is 32.1 Å². The van der Waals surface area contributed by atoms with E-state index >= 15 is 0 Å². The first-order valence-corrected chi connectivity index (χ1v) is 11.8. The van der Waals surface area contributed by atoms with E-state index < -0.39 is 0 Å². The maximum atomic E-state index is 13.3. The summed E-state index contributed by atoms with van der Waals surface area (Å²) in [5.41, 5.74) is 6.81. The van der Waals surface area contributed by atoms with Gasteiger partial charge in [-0.05, 0) is 63.2 Å². The Morgan fingerprint density at radius 3 is 2.50 bits per heavy atom. The fourth-order valence-electron chi connectivity index (χ4n) is 5.23. The highest BCUT2D eigenvalue weighted by molar-refractivity contribution is 5.97. The van der Waals surface area contributed by atoms with Gasteiger partial charge in [-0.2, -0.15) is 5.10 Å². The third kappa shape index (κ3) is 3.74. The Bertz CT molecular complexity index is 1250. The van der Waals surface area contributed by atoms with E-state index in [0.29, 0.717) is 12.1 Å². The molecular formula is C27H33N5O2. The van der Waals surface area contributed by atoms with Gasteiger partial charge in [0.15, 0.2) is 0 Å². The first-order valence-electron chi connectivity index (χ1n) is 11.8. The number of rotatable bonds is 6. The highest BCUT2D eigenvalue weighted by Crippen LogP contribution is 2.37. The minimum absolute atomic E-state index is 0.0513. The van der Waals surface area contributed by atoms with Crippen LogP contribution in [0, 0.1) is 13.8 Å². The van der Waals surface area contributed by atoms with Crippen molar-refractivity contribution in [3.8, 4) is 16.9 Å². The number of hydrogen-bond donors (Lipinski definition) is 1. The summed E-state index contributed by atoms with van der Waals surface area (Å²) in [6.07, 6.45) is 2.00. The number of nitrogens with one attached hydrogen (secondary N) is 1. The van der Waals surface area contributed by atoms with Gasteiger partial charge in [0.25, 0.3) is 5.91 Å². The topological polar surface area (TPSA) is 62.6 Å². The van der Waals surface area contributed by atoms with Gasteiger partial charge in [-0.25, -0.2) is 0 Å². The Labute approximate surface area is 201 Å². The summed E-state index contributed by atoms with van der Waals surface area (Å²) < 4.78 is 7.42. The average molecular weight is 460 g/mol. The van der Waals surface area contributed by atoms with Crippen LogP contribution >= 0.6 is 0 Å². The number of piperazine rings is 1. The number of hydrogen-bond acceptors (Lipinski definition) is 5. The highest BCUT2D eigenvalue weighted by Gasteiger charge is 2.49. The fraction of sp³-hybridized carbons (Fsp3) is 0.407. The van der Waals surface area contributed by atoms with E-state index in [4.69, 9.17) is 4.74 Å². The minimum atomic E-state index is -0.161. The number of anilines is 1. The average Bonchev–Trinajstić information content (AvgIpc) is 3.15. The zero-order valence-electron chi connectivity index (χ0n) is 20.8. The van der Waals surface area contributed by atoms with Gasteiger partial charge in [-0.15, -0.1) is 0 Å². The molecule has 3 aromatic rings. The van der Waals surface area contributed by atoms with Crippen LogP contribution in [0.2, 0.25) is 0 Å². The van der Waals surface area contributed by atoms with E-state index in [0.717, 1.165) is 58.0 Å². The zero-order valence-corrected chi connectivity index (χ0v) is 20.8. The van der Waals surface area contributed by atoms with Crippen LogP contribution in [0.15, 0.2) is 42.6 Å². The number of carbonyl (C=O) groups is 1. The second-order valence-electron chi connectivity index (χ2n) is 9.68. The largest absolute Gasteiger partial charge is 0.496 e. The number of aryl methyl sites for hydroxylation is 3. The molecule has 2 aliphatic heterocycles. The molecule has 0 radical (unpaired) electrons. The quantitative estimate of drug-likeness (QED) is 0.609. The Hall–Kier alpha value is -3.32. The van der Waals surface area contributed by atoms with Gasteiger partial charge in [0.2, 0.25) is 0 Å². The van der Waals surface area contributed by atoms with Gasteiger partial charge in [0.05, 0.1) is 24.9 Å². The number of methoxy groups -OCH3 is 1. The number of carbonyl (C=O) groups excluding carboxylic acids is 1. The first kappa shape index (κ1) is 22.5. The lowest BCUT2D eigenvalue weighted by molar-refractivity contribution is 0.0368. The molecule has 7 heteroatoms. The number of nitrogens with zero attached hydrogens (tertiary/aromatic N) is 4. The van der Waals surface area contributed by atoms with Gasteiger partial charge in [-0.3, -0.25) is 14.4 Å². The second-order valence-corrected chi connectivity index (χ2v) is 9.68. The van der Waals surface area contributed by atoms with E-state index in [2.05, 4.69) is 45.5 Å². The number of likely N-dealkylation sites (N-methyl/N-ethyl adjacent to an activating group) is 1. The number of fused-ring (bicyclic) bond motifs is 1. The molecule has 2 aliphatic rings. The van der Waals surface area contributed by atoms with Gasteiger partial charge < -0.3 is 15.0 Å². The lowest BCUT2D eigenvalue weighted by Gasteiger charge is -2.62. The molecule has 2 fully saturated rings. The Morgan fingerprint density at radius 1 is 1.09 bits per heavy atom. The molecule has 0 spiro atoms. The maximum absolute atomic E-state index is 13.3. The molecule has 1 unspecified atom stereocenters. The van der Waals surface area contributed by atoms with Crippen molar-refractivity contribution in [3.63, 3.8) is 0 Å². The van der Waals surface area contributed by atoms with Crippen molar-refractivity contribution in [2.45, 2.75) is 38.9 Å². The number of ether oxygens (including phenoxy) is 1. The lowest BCUT2D eigenvalue weighted by Crippen LogP contribution is -2.78. The van der Waals surface area contributed by atoms with Crippen molar-refractivity contribution in [3.05, 3.63) is 65.0 Å². The van der Waals surface area contributed by atoms with Crippen LogP contribution < -0.4 is 15.0 Å². The predicted octanol–water partition coefficient (Wildman–Crippen LogP) is 3.71. The molecule has 0 saturated carbocycles. The molecule has 1 aromatic heterocycles. The summed E-state index contributed by atoms with van der Waals surface area (Å²) in [5.74, 6) is 0.737. The summed E-state index contributed by atoms with van der Waals surface area (Å²) in [5, 5.41) is 7.68. The standard InChI is InChI=1S/C27H33N5O2/c1-16-7-9-20(32-15-24-25(32)14-30(24)4)12-21(16)27(33)28-17(2)19-8-10-26(34-6)22(11-19)23-13-31(5)29-18(23)3/h7-13,17,24-25H,14-15H2,1-6H3,(H,28,33)/t17-,24+,25?/m1/s1. The molecule has 3 atom stereocenters. The smallest absolute Gasteiger partial charge is 0.252 e. The minimum Gasteiger partial charge on any atom is -0.496 e.